The standard InChI is InChI=1S/C17H16N2O/c1-12-7-3-5-9-14(12)18-16-11-17(20-2)19-15-10-6-4-8-13(15)16/h3-11H,1-2H3,(H,18,19). The summed E-state index contributed by atoms with van der Waals surface area (Å²) in [5.74, 6) is 0.611. The van der Waals surface area contributed by atoms with Gasteiger partial charge in [-0.3, -0.25) is 0 Å². The number of nitrogens with zero attached hydrogens (tertiary/aromatic N) is 1. The van der Waals surface area contributed by atoms with Crippen molar-refractivity contribution in [1.29, 1.82) is 0 Å². The first-order chi connectivity index (χ1) is 9.78. The van der Waals surface area contributed by atoms with E-state index in [0.29, 0.717) is 5.88 Å². The number of hydrogen-bond acceptors (Lipinski definition) is 3. The lowest BCUT2D eigenvalue weighted by Crippen LogP contribution is -1.97. The summed E-state index contributed by atoms with van der Waals surface area (Å²) in [6.07, 6.45) is 0. The minimum atomic E-state index is 0.611. The maximum Gasteiger partial charge on any atom is 0.215 e. The van der Waals surface area contributed by atoms with Gasteiger partial charge in [0.1, 0.15) is 0 Å². The number of para-hydroxylation sites is 2. The van der Waals surface area contributed by atoms with Crippen molar-refractivity contribution in [2.75, 3.05) is 12.4 Å². The Labute approximate surface area is 118 Å². The van der Waals surface area contributed by atoms with Crippen LogP contribution in [0.1, 0.15) is 5.56 Å². The van der Waals surface area contributed by atoms with E-state index >= 15 is 0 Å². The van der Waals surface area contributed by atoms with E-state index in [0.717, 1.165) is 22.3 Å². The second-order valence-electron chi connectivity index (χ2n) is 4.67. The largest absolute Gasteiger partial charge is 0.481 e. The fourth-order valence-electron chi connectivity index (χ4n) is 2.22. The summed E-state index contributed by atoms with van der Waals surface area (Å²) < 4.78 is 5.28. The van der Waals surface area contributed by atoms with Gasteiger partial charge in [-0.2, -0.15) is 0 Å². The summed E-state index contributed by atoms with van der Waals surface area (Å²) in [5, 5.41) is 4.55. The van der Waals surface area contributed by atoms with Crippen LogP contribution in [0.2, 0.25) is 0 Å². The molecule has 1 N–H and O–H groups in total. The molecule has 1 aromatic heterocycles. The van der Waals surface area contributed by atoms with Crippen LogP contribution in [0.15, 0.2) is 54.6 Å². The Kier molecular flexibility index (Phi) is 3.25. The molecule has 0 atom stereocenters. The van der Waals surface area contributed by atoms with Crippen molar-refractivity contribution in [2.24, 2.45) is 0 Å². The average molecular weight is 264 g/mol. The molecular formula is C17H16N2O. The number of benzene rings is 2. The Balaban J connectivity index is 2.13. The molecule has 1 heterocycles. The zero-order valence-electron chi connectivity index (χ0n) is 11.6. The molecule has 3 rings (SSSR count). The van der Waals surface area contributed by atoms with Crippen molar-refractivity contribution in [1.82, 2.24) is 4.98 Å². The highest BCUT2D eigenvalue weighted by Gasteiger charge is 2.07. The number of fused-ring (bicyclic) bond motifs is 1. The second-order valence-corrected chi connectivity index (χ2v) is 4.67. The first-order valence-electron chi connectivity index (χ1n) is 6.54. The van der Waals surface area contributed by atoms with Crippen molar-refractivity contribution in [2.45, 2.75) is 6.92 Å². The number of pyridine rings is 1. The minimum absolute atomic E-state index is 0.611. The van der Waals surface area contributed by atoms with Crippen LogP contribution in [0.5, 0.6) is 5.88 Å². The molecule has 0 aliphatic carbocycles. The molecule has 0 aliphatic rings. The smallest absolute Gasteiger partial charge is 0.215 e. The van der Waals surface area contributed by atoms with Gasteiger partial charge in [0.2, 0.25) is 5.88 Å². The highest BCUT2D eigenvalue weighted by Crippen LogP contribution is 2.29. The van der Waals surface area contributed by atoms with Gasteiger partial charge in [0.25, 0.3) is 0 Å². The zero-order valence-corrected chi connectivity index (χ0v) is 11.6. The van der Waals surface area contributed by atoms with Crippen molar-refractivity contribution in [3.8, 4) is 5.88 Å². The highest BCUT2D eigenvalue weighted by atomic mass is 16.5. The van der Waals surface area contributed by atoms with Crippen LogP contribution in [0.25, 0.3) is 10.9 Å². The van der Waals surface area contributed by atoms with Crippen molar-refractivity contribution in [3.05, 3.63) is 60.2 Å². The lowest BCUT2D eigenvalue weighted by molar-refractivity contribution is 0.400. The van der Waals surface area contributed by atoms with E-state index in [1.807, 2.05) is 36.4 Å². The predicted molar refractivity (Wildman–Crippen MR) is 82.8 cm³/mol. The van der Waals surface area contributed by atoms with Crippen LogP contribution in [-0.2, 0) is 0 Å². The summed E-state index contributed by atoms with van der Waals surface area (Å²) >= 11 is 0. The van der Waals surface area contributed by atoms with Gasteiger partial charge in [-0.05, 0) is 24.6 Å². The summed E-state index contributed by atoms with van der Waals surface area (Å²) in [7, 11) is 1.63. The fourth-order valence-corrected chi connectivity index (χ4v) is 2.22. The number of aryl methyl sites for hydroxylation is 1. The van der Waals surface area contributed by atoms with E-state index < -0.39 is 0 Å². The number of ether oxygens (including phenoxy) is 1. The van der Waals surface area contributed by atoms with Gasteiger partial charge in [-0.15, -0.1) is 0 Å². The Hall–Kier alpha value is -2.55. The average Bonchev–Trinajstić information content (AvgIpc) is 2.49. The molecule has 0 amide bonds. The maximum absolute atomic E-state index is 5.28. The number of nitrogens with one attached hydrogen (secondary N) is 1. The van der Waals surface area contributed by atoms with Crippen molar-refractivity contribution in [3.63, 3.8) is 0 Å². The van der Waals surface area contributed by atoms with E-state index in [9.17, 15) is 0 Å². The summed E-state index contributed by atoms with van der Waals surface area (Å²) in [6.45, 7) is 2.09. The topological polar surface area (TPSA) is 34.1 Å². The molecule has 0 bridgehead atoms. The van der Waals surface area contributed by atoms with Crippen LogP contribution in [0, 0.1) is 6.92 Å². The van der Waals surface area contributed by atoms with Crippen LogP contribution in [-0.4, -0.2) is 12.1 Å². The summed E-state index contributed by atoms with van der Waals surface area (Å²) in [6, 6.07) is 18.2. The predicted octanol–water partition coefficient (Wildman–Crippen LogP) is 4.30. The minimum Gasteiger partial charge on any atom is -0.481 e. The molecule has 20 heavy (non-hydrogen) atoms. The van der Waals surface area contributed by atoms with Crippen molar-refractivity contribution >= 4 is 22.3 Å². The molecule has 0 saturated carbocycles. The lowest BCUT2D eigenvalue weighted by Gasteiger charge is -2.13. The number of rotatable bonds is 3. The Morgan fingerprint density at radius 3 is 2.50 bits per heavy atom. The van der Waals surface area contributed by atoms with Gasteiger partial charge >= 0.3 is 0 Å². The van der Waals surface area contributed by atoms with Gasteiger partial charge < -0.3 is 10.1 Å². The number of hydrogen-bond donors (Lipinski definition) is 1. The third-order valence-electron chi connectivity index (χ3n) is 3.32. The number of aromatic nitrogens is 1. The number of methoxy groups -OCH3 is 1. The molecular weight excluding hydrogens is 248 g/mol. The third kappa shape index (κ3) is 2.30. The molecule has 0 spiro atoms. The van der Waals surface area contributed by atoms with Gasteiger partial charge in [0.15, 0.2) is 0 Å². The summed E-state index contributed by atoms with van der Waals surface area (Å²) in [5.41, 5.74) is 4.21. The first kappa shape index (κ1) is 12.5. The molecule has 3 nitrogen and oxygen atoms in total. The Bertz CT molecular complexity index is 753. The Morgan fingerprint density at radius 2 is 1.70 bits per heavy atom. The fraction of sp³-hybridized carbons (Fsp3) is 0.118. The highest BCUT2D eigenvalue weighted by molar-refractivity contribution is 5.93. The SMILES string of the molecule is COc1cc(Nc2ccccc2C)c2ccccc2n1. The first-order valence-corrected chi connectivity index (χ1v) is 6.54. The second kappa shape index (κ2) is 5.21. The van der Waals surface area contributed by atoms with Gasteiger partial charge in [-0.1, -0.05) is 36.4 Å². The molecule has 3 heteroatoms. The molecule has 2 aromatic carbocycles. The molecule has 100 valence electrons. The van der Waals surface area contributed by atoms with E-state index in [4.69, 9.17) is 4.74 Å². The molecule has 0 radical (unpaired) electrons. The van der Waals surface area contributed by atoms with Crippen LogP contribution in [0.4, 0.5) is 11.4 Å². The van der Waals surface area contributed by atoms with Gasteiger partial charge in [-0.25, -0.2) is 4.98 Å². The number of anilines is 2. The van der Waals surface area contributed by atoms with Gasteiger partial charge in [0.05, 0.1) is 18.3 Å². The zero-order chi connectivity index (χ0) is 13.9. The van der Waals surface area contributed by atoms with E-state index in [2.05, 4.69) is 35.4 Å². The normalized spacial score (nSPS) is 10.5. The summed E-state index contributed by atoms with van der Waals surface area (Å²) in [4.78, 5) is 4.46. The van der Waals surface area contributed by atoms with Gasteiger partial charge in [0, 0.05) is 17.1 Å². The van der Waals surface area contributed by atoms with Crippen LogP contribution >= 0.6 is 0 Å². The van der Waals surface area contributed by atoms with E-state index in [1.165, 1.54) is 5.56 Å². The maximum atomic E-state index is 5.28. The molecule has 0 fully saturated rings. The third-order valence-corrected chi connectivity index (χ3v) is 3.32. The lowest BCUT2D eigenvalue weighted by atomic mass is 10.1. The molecule has 0 aliphatic heterocycles. The van der Waals surface area contributed by atoms with Crippen LogP contribution < -0.4 is 10.1 Å². The molecule has 0 saturated heterocycles. The Morgan fingerprint density at radius 1 is 0.950 bits per heavy atom. The van der Waals surface area contributed by atoms with E-state index in [1.54, 1.807) is 7.11 Å². The quantitative estimate of drug-likeness (QED) is 0.766. The molecule has 3 aromatic rings. The monoisotopic (exact) mass is 264 g/mol. The van der Waals surface area contributed by atoms with E-state index in [-0.39, 0.29) is 0 Å². The van der Waals surface area contributed by atoms with Crippen molar-refractivity contribution < 1.29 is 4.74 Å². The molecule has 0 unspecified atom stereocenters. The van der Waals surface area contributed by atoms with Crippen LogP contribution in [0.3, 0.4) is 0 Å².